The molecule has 5 nitrogen and oxygen atoms in total. The van der Waals surface area contributed by atoms with E-state index in [2.05, 4.69) is 31.5 Å². The minimum atomic E-state index is -0.110. The summed E-state index contributed by atoms with van der Waals surface area (Å²) in [4.78, 5) is 16.3. The molecule has 1 atom stereocenters. The fourth-order valence-corrected chi connectivity index (χ4v) is 2.71. The van der Waals surface area contributed by atoms with E-state index in [1.807, 2.05) is 24.3 Å². The number of pyridine rings is 1. The monoisotopic (exact) mass is 447 g/mol. The molecule has 1 aromatic heterocycles. The van der Waals surface area contributed by atoms with Gasteiger partial charge in [-0.3, -0.25) is 4.79 Å². The molecule has 3 rings (SSSR count). The topological polar surface area (TPSA) is 63.2 Å². The first kappa shape index (κ1) is 21.7. The van der Waals surface area contributed by atoms with Gasteiger partial charge in [0, 0.05) is 29.3 Å². The molecule has 0 spiro atoms. The quantitative estimate of drug-likeness (QED) is 0.726. The Kier molecular flexibility index (Phi) is 9.21. The van der Waals surface area contributed by atoms with Crippen molar-refractivity contribution in [3.05, 3.63) is 52.6 Å². The summed E-state index contributed by atoms with van der Waals surface area (Å²) in [5, 5.41) is 6.28. The maximum Gasteiger partial charge on any atom is 0.252 e. The largest absolute Gasteiger partial charge is 0.439 e. The number of carbonyl (C=O) groups is 1. The zero-order valence-corrected chi connectivity index (χ0v) is 16.6. The summed E-state index contributed by atoms with van der Waals surface area (Å²) in [6.07, 6.45) is 3.81. The average Bonchev–Trinajstić information content (AvgIpc) is 3.09. The lowest BCUT2D eigenvalue weighted by Crippen LogP contribution is -2.37. The summed E-state index contributed by atoms with van der Waals surface area (Å²) < 4.78 is 6.62. The number of nitrogens with one attached hydrogen (secondary N) is 2. The van der Waals surface area contributed by atoms with Gasteiger partial charge >= 0.3 is 0 Å². The summed E-state index contributed by atoms with van der Waals surface area (Å²) in [7, 11) is 0. The molecule has 1 unspecified atom stereocenters. The molecule has 25 heavy (non-hydrogen) atoms. The first-order valence-corrected chi connectivity index (χ1v) is 8.41. The normalized spacial score (nSPS) is 15.6. The SMILES string of the molecule is Cl.Cl.O=C(NCC1CCCN1)c1ccc(Oc2ccc(Br)cc2)nc1. The van der Waals surface area contributed by atoms with Gasteiger partial charge in [-0.1, -0.05) is 15.9 Å². The molecule has 8 heteroatoms. The van der Waals surface area contributed by atoms with E-state index >= 15 is 0 Å². The molecule has 1 amide bonds. The Balaban J connectivity index is 0.00000156. The summed E-state index contributed by atoms with van der Waals surface area (Å²) in [5.74, 6) is 1.05. The van der Waals surface area contributed by atoms with Crippen molar-refractivity contribution in [2.75, 3.05) is 13.1 Å². The van der Waals surface area contributed by atoms with Crippen LogP contribution < -0.4 is 15.4 Å². The number of carbonyl (C=O) groups excluding carboxylic acids is 1. The van der Waals surface area contributed by atoms with Crippen LogP contribution in [-0.2, 0) is 0 Å². The van der Waals surface area contributed by atoms with Crippen LogP contribution in [0.25, 0.3) is 0 Å². The third-order valence-corrected chi connectivity index (χ3v) is 4.23. The van der Waals surface area contributed by atoms with Gasteiger partial charge in [-0.15, -0.1) is 24.8 Å². The number of aromatic nitrogens is 1. The van der Waals surface area contributed by atoms with Crippen molar-refractivity contribution < 1.29 is 9.53 Å². The van der Waals surface area contributed by atoms with E-state index in [1.54, 1.807) is 12.1 Å². The van der Waals surface area contributed by atoms with Crippen molar-refractivity contribution in [3.8, 4) is 11.6 Å². The third kappa shape index (κ3) is 6.47. The average molecular weight is 449 g/mol. The van der Waals surface area contributed by atoms with Crippen molar-refractivity contribution in [1.29, 1.82) is 0 Å². The summed E-state index contributed by atoms with van der Waals surface area (Å²) >= 11 is 3.38. The number of nitrogens with zero attached hydrogens (tertiary/aromatic N) is 1. The van der Waals surface area contributed by atoms with E-state index in [1.165, 1.54) is 12.6 Å². The number of ether oxygens (including phenoxy) is 1. The highest BCUT2D eigenvalue weighted by atomic mass is 79.9. The highest BCUT2D eigenvalue weighted by Gasteiger charge is 2.15. The smallest absolute Gasteiger partial charge is 0.252 e. The van der Waals surface area contributed by atoms with Crippen molar-refractivity contribution in [2.45, 2.75) is 18.9 Å². The second-order valence-corrected chi connectivity index (χ2v) is 6.36. The molecule has 2 heterocycles. The van der Waals surface area contributed by atoms with Gasteiger partial charge in [-0.05, 0) is 49.7 Å². The van der Waals surface area contributed by atoms with Crippen LogP contribution in [0.4, 0.5) is 0 Å². The van der Waals surface area contributed by atoms with E-state index in [0.29, 0.717) is 29.8 Å². The number of hydrogen-bond donors (Lipinski definition) is 2. The first-order chi connectivity index (χ1) is 11.2. The minimum absolute atomic E-state index is 0. The van der Waals surface area contributed by atoms with Gasteiger partial charge in [-0.2, -0.15) is 0 Å². The van der Waals surface area contributed by atoms with Gasteiger partial charge in [0.15, 0.2) is 0 Å². The lowest BCUT2D eigenvalue weighted by Gasteiger charge is -2.11. The molecular formula is C17H20BrCl2N3O2. The van der Waals surface area contributed by atoms with Crippen LogP contribution in [-0.4, -0.2) is 30.0 Å². The lowest BCUT2D eigenvalue weighted by atomic mass is 10.2. The summed E-state index contributed by atoms with van der Waals surface area (Å²) in [5.41, 5.74) is 0.533. The van der Waals surface area contributed by atoms with E-state index < -0.39 is 0 Å². The van der Waals surface area contributed by atoms with Crippen LogP contribution in [0.3, 0.4) is 0 Å². The highest BCUT2D eigenvalue weighted by molar-refractivity contribution is 9.10. The maximum absolute atomic E-state index is 12.1. The van der Waals surface area contributed by atoms with Gasteiger partial charge in [0.1, 0.15) is 5.75 Å². The van der Waals surface area contributed by atoms with Crippen LogP contribution in [0.2, 0.25) is 0 Å². The Morgan fingerprint density at radius 1 is 1.24 bits per heavy atom. The van der Waals surface area contributed by atoms with Crippen LogP contribution in [0, 0.1) is 0 Å². The van der Waals surface area contributed by atoms with Crippen molar-refractivity contribution in [2.24, 2.45) is 0 Å². The molecule has 2 aromatic rings. The van der Waals surface area contributed by atoms with Gasteiger partial charge < -0.3 is 15.4 Å². The van der Waals surface area contributed by atoms with Gasteiger partial charge in [-0.25, -0.2) is 4.98 Å². The lowest BCUT2D eigenvalue weighted by molar-refractivity contribution is 0.0950. The van der Waals surface area contributed by atoms with E-state index in [9.17, 15) is 4.79 Å². The second kappa shape index (κ2) is 10.6. The van der Waals surface area contributed by atoms with Crippen LogP contribution >= 0.6 is 40.7 Å². The minimum Gasteiger partial charge on any atom is -0.439 e. The molecule has 1 aliphatic rings. The van der Waals surface area contributed by atoms with Crippen LogP contribution in [0.1, 0.15) is 23.2 Å². The Morgan fingerprint density at radius 2 is 2.00 bits per heavy atom. The Morgan fingerprint density at radius 3 is 2.60 bits per heavy atom. The van der Waals surface area contributed by atoms with Crippen molar-refractivity contribution in [1.82, 2.24) is 15.6 Å². The fraction of sp³-hybridized carbons (Fsp3) is 0.294. The number of amides is 1. The van der Waals surface area contributed by atoms with Crippen LogP contribution in [0.5, 0.6) is 11.6 Å². The zero-order valence-electron chi connectivity index (χ0n) is 13.4. The molecule has 136 valence electrons. The molecule has 0 aliphatic carbocycles. The van der Waals surface area contributed by atoms with Gasteiger partial charge in [0.2, 0.25) is 5.88 Å². The van der Waals surface area contributed by atoms with E-state index in [-0.39, 0.29) is 30.7 Å². The van der Waals surface area contributed by atoms with Gasteiger partial charge in [0.05, 0.1) is 5.56 Å². The summed E-state index contributed by atoms with van der Waals surface area (Å²) in [6, 6.07) is 11.3. The number of rotatable bonds is 5. The third-order valence-electron chi connectivity index (χ3n) is 3.71. The first-order valence-electron chi connectivity index (χ1n) is 7.62. The molecule has 0 bridgehead atoms. The maximum atomic E-state index is 12.1. The second-order valence-electron chi connectivity index (χ2n) is 5.44. The molecular weight excluding hydrogens is 429 g/mol. The standard InChI is InChI=1S/C17H18BrN3O2.2ClH/c18-13-4-6-15(7-5-13)23-16-8-3-12(10-20-16)17(22)21-11-14-2-1-9-19-14;;/h3-8,10,14,19H,1-2,9,11H2,(H,21,22);2*1H. The highest BCUT2D eigenvalue weighted by Crippen LogP contribution is 2.21. The predicted octanol–water partition coefficient (Wildman–Crippen LogP) is 3.96. The van der Waals surface area contributed by atoms with Crippen molar-refractivity contribution in [3.63, 3.8) is 0 Å². The number of hydrogen-bond acceptors (Lipinski definition) is 4. The predicted molar refractivity (Wildman–Crippen MR) is 106 cm³/mol. The molecule has 0 saturated carbocycles. The Labute approximate surface area is 167 Å². The molecule has 2 N–H and O–H groups in total. The fourth-order valence-electron chi connectivity index (χ4n) is 2.45. The number of benzene rings is 1. The molecule has 1 saturated heterocycles. The summed E-state index contributed by atoms with van der Waals surface area (Å²) in [6.45, 7) is 1.68. The van der Waals surface area contributed by atoms with Gasteiger partial charge in [0.25, 0.3) is 5.91 Å². The molecule has 1 fully saturated rings. The molecule has 1 aromatic carbocycles. The number of halogens is 3. The van der Waals surface area contributed by atoms with E-state index in [0.717, 1.165) is 17.4 Å². The zero-order chi connectivity index (χ0) is 16.1. The van der Waals surface area contributed by atoms with E-state index in [4.69, 9.17) is 4.74 Å². The molecule has 0 radical (unpaired) electrons. The van der Waals surface area contributed by atoms with Crippen molar-refractivity contribution >= 4 is 46.7 Å². The Bertz CT molecular complexity index is 663. The van der Waals surface area contributed by atoms with Crippen LogP contribution in [0.15, 0.2) is 47.1 Å². The Hall–Kier alpha value is -1.34. The molecule has 1 aliphatic heterocycles.